The number of para-hydroxylation sites is 1. The number of amides is 1. The van der Waals surface area contributed by atoms with Crippen molar-refractivity contribution >= 4 is 24.0 Å². The lowest BCUT2D eigenvalue weighted by Crippen LogP contribution is -2.47. The molecule has 0 saturated heterocycles. The molecular weight excluding hydrogens is 296 g/mol. The molecule has 118 valence electrons. The highest BCUT2D eigenvalue weighted by Gasteiger charge is 2.56. The monoisotopic (exact) mass is 318 g/mol. The molecule has 22 heavy (non-hydrogen) atoms. The molecule has 4 heteroatoms. The maximum atomic E-state index is 13.2. The maximum absolute atomic E-state index is 13.2. The molecule has 4 atom stereocenters. The fourth-order valence-corrected chi connectivity index (χ4v) is 5.29. The van der Waals surface area contributed by atoms with Crippen molar-refractivity contribution in [2.75, 3.05) is 11.4 Å². The first-order valence-corrected chi connectivity index (χ1v) is 8.36. The van der Waals surface area contributed by atoms with E-state index in [0.717, 1.165) is 12.2 Å². The highest BCUT2D eigenvalue weighted by molar-refractivity contribution is 5.99. The Labute approximate surface area is 137 Å². The van der Waals surface area contributed by atoms with Gasteiger partial charge in [0.05, 0.1) is 5.92 Å². The molecule has 2 bridgehead atoms. The van der Waals surface area contributed by atoms with E-state index in [9.17, 15) is 4.79 Å². The Morgan fingerprint density at radius 2 is 1.91 bits per heavy atom. The van der Waals surface area contributed by atoms with Crippen molar-refractivity contribution in [3.8, 4) is 0 Å². The number of hydrogen-bond donors (Lipinski definition) is 1. The van der Waals surface area contributed by atoms with Crippen LogP contribution in [0.2, 0.25) is 0 Å². The van der Waals surface area contributed by atoms with Crippen molar-refractivity contribution < 1.29 is 4.79 Å². The number of nitrogens with zero attached hydrogens (tertiary/aromatic N) is 1. The molecule has 1 spiro atoms. The Morgan fingerprint density at radius 1 is 1.18 bits per heavy atom. The van der Waals surface area contributed by atoms with Gasteiger partial charge in [0.1, 0.15) is 0 Å². The van der Waals surface area contributed by atoms with E-state index in [1.54, 1.807) is 0 Å². The Bertz CT molecular complexity index is 625. The lowest BCUT2D eigenvalue weighted by molar-refractivity contribution is -0.124. The molecule has 0 aromatic heterocycles. The van der Waals surface area contributed by atoms with Gasteiger partial charge in [-0.25, -0.2) is 0 Å². The number of nitrogens with two attached hydrogens (primary N) is 1. The van der Waals surface area contributed by atoms with Gasteiger partial charge in [0.2, 0.25) is 5.91 Å². The quantitative estimate of drug-likeness (QED) is 0.865. The normalized spacial score (nSPS) is 36.3. The minimum absolute atomic E-state index is 0. The molecule has 1 heterocycles. The third kappa shape index (κ3) is 1.75. The van der Waals surface area contributed by atoms with E-state index < -0.39 is 0 Å². The molecule has 1 aromatic rings. The van der Waals surface area contributed by atoms with Gasteiger partial charge < -0.3 is 10.6 Å². The number of hydrogen-bond acceptors (Lipinski definition) is 2. The first-order valence-electron chi connectivity index (χ1n) is 8.36. The van der Waals surface area contributed by atoms with Gasteiger partial charge >= 0.3 is 0 Å². The first-order chi connectivity index (χ1) is 10.2. The molecule has 5 rings (SSSR count). The van der Waals surface area contributed by atoms with Gasteiger partial charge in [-0.05, 0) is 55.6 Å². The van der Waals surface area contributed by atoms with Gasteiger partial charge in [-0.15, -0.1) is 12.4 Å². The molecule has 1 amide bonds. The standard InChI is InChI=1S/C18H22N2O.ClH/c19-16-12-6-5-11(9-12)15(16)17(21)20-10-18(7-8-18)13-3-1-2-4-14(13)20;/h1-4,11-12,15-16H,5-10,19H2;1H. The largest absolute Gasteiger partial charge is 0.327 e. The van der Waals surface area contributed by atoms with E-state index in [0.29, 0.717) is 17.7 Å². The van der Waals surface area contributed by atoms with E-state index in [2.05, 4.69) is 29.2 Å². The molecular formula is C18H23ClN2O. The van der Waals surface area contributed by atoms with Crippen molar-refractivity contribution in [3.63, 3.8) is 0 Å². The summed E-state index contributed by atoms with van der Waals surface area (Å²) in [6, 6.07) is 8.60. The minimum atomic E-state index is 0. The van der Waals surface area contributed by atoms with Crippen molar-refractivity contribution in [2.45, 2.75) is 43.6 Å². The molecule has 1 aromatic carbocycles. The zero-order chi connectivity index (χ0) is 14.2. The van der Waals surface area contributed by atoms with Crippen LogP contribution in [0, 0.1) is 17.8 Å². The van der Waals surface area contributed by atoms with E-state index in [-0.39, 0.29) is 29.8 Å². The third-order valence-electron chi connectivity index (χ3n) is 6.61. The van der Waals surface area contributed by atoms with Gasteiger partial charge in [-0.3, -0.25) is 4.79 Å². The summed E-state index contributed by atoms with van der Waals surface area (Å²) in [4.78, 5) is 15.2. The summed E-state index contributed by atoms with van der Waals surface area (Å²) < 4.78 is 0. The molecule has 3 aliphatic carbocycles. The Balaban J connectivity index is 0.00000125. The van der Waals surface area contributed by atoms with Gasteiger partial charge in [0, 0.05) is 23.7 Å². The molecule has 3 saturated carbocycles. The van der Waals surface area contributed by atoms with Crippen LogP contribution in [-0.2, 0) is 10.2 Å². The first kappa shape index (κ1) is 14.5. The molecule has 4 aliphatic rings. The fraction of sp³-hybridized carbons (Fsp3) is 0.611. The van der Waals surface area contributed by atoms with Crippen molar-refractivity contribution in [2.24, 2.45) is 23.5 Å². The summed E-state index contributed by atoms with van der Waals surface area (Å²) in [7, 11) is 0. The van der Waals surface area contributed by atoms with E-state index in [1.165, 1.54) is 37.7 Å². The van der Waals surface area contributed by atoms with Gasteiger partial charge in [-0.1, -0.05) is 18.2 Å². The molecule has 2 N–H and O–H groups in total. The van der Waals surface area contributed by atoms with Crippen LogP contribution in [0.3, 0.4) is 0 Å². The summed E-state index contributed by atoms with van der Waals surface area (Å²) in [5.74, 6) is 1.52. The topological polar surface area (TPSA) is 46.3 Å². The van der Waals surface area contributed by atoms with Crippen molar-refractivity contribution in [3.05, 3.63) is 29.8 Å². The van der Waals surface area contributed by atoms with Gasteiger partial charge in [0.25, 0.3) is 0 Å². The van der Waals surface area contributed by atoms with Gasteiger partial charge in [0.15, 0.2) is 0 Å². The molecule has 4 unspecified atom stereocenters. The Hall–Kier alpha value is -1.06. The number of carbonyl (C=O) groups excluding carboxylic acids is 1. The zero-order valence-corrected chi connectivity index (χ0v) is 13.5. The van der Waals surface area contributed by atoms with E-state index in [1.807, 2.05) is 0 Å². The smallest absolute Gasteiger partial charge is 0.231 e. The zero-order valence-electron chi connectivity index (χ0n) is 12.7. The predicted octanol–water partition coefficient (Wildman–Crippen LogP) is 2.86. The SMILES string of the molecule is Cl.NC1C2CCC(C2)C1C(=O)N1CC2(CC2)c2ccccc21. The second-order valence-electron chi connectivity index (χ2n) is 7.66. The summed E-state index contributed by atoms with van der Waals surface area (Å²) in [6.07, 6.45) is 6.08. The number of carbonyl (C=O) groups is 1. The van der Waals surface area contributed by atoms with Crippen molar-refractivity contribution in [1.29, 1.82) is 0 Å². The highest BCUT2D eigenvalue weighted by atomic mass is 35.5. The van der Waals surface area contributed by atoms with Crippen LogP contribution in [0.4, 0.5) is 5.69 Å². The maximum Gasteiger partial charge on any atom is 0.231 e. The van der Waals surface area contributed by atoms with E-state index >= 15 is 0 Å². The third-order valence-corrected chi connectivity index (χ3v) is 6.61. The molecule has 0 radical (unpaired) electrons. The average Bonchev–Trinajstić information content (AvgIpc) is 2.87. The van der Waals surface area contributed by atoms with E-state index in [4.69, 9.17) is 5.73 Å². The van der Waals surface area contributed by atoms with Crippen LogP contribution >= 0.6 is 12.4 Å². The number of halogens is 1. The lowest BCUT2D eigenvalue weighted by Gasteiger charge is -2.31. The minimum Gasteiger partial charge on any atom is -0.327 e. The average molecular weight is 319 g/mol. The van der Waals surface area contributed by atoms with Crippen LogP contribution in [-0.4, -0.2) is 18.5 Å². The second-order valence-corrected chi connectivity index (χ2v) is 7.66. The van der Waals surface area contributed by atoms with Crippen molar-refractivity contribution in [1.82, 2.24) is 0 Å². The van der Waals surface area contributed by atoms with Crippen LogP contribution in [0.1, 0.15) is 37.7 Å². The second kappa shape index (κ2) is 4.72. The van der Waals surface area contributed by atoms with Gasteiger partial charge in [-0.2, -0.15) is 0 Å². The number of rotatable bonds is 1. The molecule has 3 nitrogen and oxygen atoms in total. The number of benzene rings is 1. The summed E-state index contributed by atoms with van der Waals surface area (Å²) >= 11 is 0. The predicted molar refractivity (Wildman–Crippen MR) is 89.3 cm³/mol. The highest BCUT2D eigenvalue weighted by Crippen LogP contribution is 2.57. The summed E-state index contributed by atoms with van der Waals surface area (Å²) in [5.41, 5.74) is 9.23. The molecule has 1 aliphatic heterocycles. The Kier molecular flexibility index (Phi) is 3.11. The fourth-order valence-electron chi connectivity index (χ4n) is 5.29. The summed E-state index contributed by atoms with van der Waals surface area (Å²) in [5, 5.41) is 0. The van der Waals surface area contributed by atoms with Crippen LogP contribution in [0.5, 0.6) is 0 Å². The lowest BCUT2D eigenvalue weighted by atomic mass is 9.84. The van der Waals surface area contributed by atoms with Crippen LogP contribution in [0.25, 0.3) is 0 Å². The van der Waals surface area contributed by atoms with Crippen LogP contribution in [0.15, 0.2) is 24.3 Å². The Morgan fingerprint density at radius 3 is 2.59 bits per heavy atom. The summed E-state index contributed by atoms with van der Waals surface area (Å²) in [6.45, 7) is 0.895. The number of anilines is 1. The van der Waals surface area contributed by atoms with Crippen LogP contribution < -0.4 is 10.6 Å². The molecule has 3 fully saturated rings. The number of fused-ring (bicyclic) bond motifs is 4.